The molecule has 3 aromatic rings. The van der Waals surface area contributed by atoms with Gasteiger partial charge in [-0.3, -0.25) is 0 Å². The molecule has 5 nitrogen and oxygen atoms in total. The van der Waals surface area contributed by atoms with Crippen molar-refractivity contribution in [2.24, 2.45) is 0 Å². The third-order valence-corrected chi connectivity index (χ3v) is 4.12. The van der Waals surface area contributed by atoms with E-state index < -0.39 is 6.10 Å². The molecular formula is C16H15FN4O. The van der Waals surface area contributed by atoms with Gasteiger partial charge in [0.25, 0.3) is 0 Å². The molecule has 0 unspecified atom stereocenters. The molecular weight excluding hydrogens is 283 g/mol. The highest BCUT2D eigenvalue weighted by Gasteiger charge is 2.34. The molecule has 2 atom stereocenters. The third-order valence-electron chi connectivity index (χ3n) is 4.12. The minimum absolute atomic E-state index is 0.0984. The lowest BCUT2D eigenvalue weighted by Crippen LogP contribution is -2.25. The Morgan fingerprint density at radius 3 is 3.05 bits per heavy atom. The molecule has 1 aliphatic rings. The zero-order valence-corrected chi connectivity index (χ0v) is 11.8. The Labute approximate surface area is 126 Å². The summed E-state index contributed by atoms with van der Waals surface area (Å²) in [6.07, 6.45) is 3.41. The molecule has 0 bridgehead atoms. The molecule has 112 valence electrons. The number of anilines is 1. The number of aliphatic hydroxyl groups excluding tert-OH is 1. The maximum atomic E-state index is 13.5. The zero-order chi connectivity index (χ0) is 15.1. The Balaban J connectivity index is 1.80. The van der Waals surface area contributed by atoms with E-state index in [4.69, 9.17) is 0 Å². The fraction of sp³-hybridized carbons (Fsp3) is 0.250. The number of hydrogen-bond donors (Lipinski definition) is 2. The van der Waals surface area contributed by atoms with Crippen LogP contribution >= 0.6 is 0 Å². The van der Waals surface area contributed by atoms with Gasteiger partial charge in [0.05, 0.1) is 17.5 Å². The first-order valence-electron chi connectivity index (χ1n) is 7.20. The van der Waals surface area contributed by atoms with Gasteiger partial charge < -0.3 is 15.0 Å². The van der Waals surface area contributed by atoms with Crippen LogP contribution in [-0.2, 0) is 0 Å². The number of benzene rings is 1. The fourth-order valence-corrected chi connectivity index (χ4v) is 3.17. The van der Waals surface area contributed by atoms with Gasteiger partial charge in [0.15, 0.2) is 0 Å². The minimum atomic E-state index is -0.461. The second-order valence-electron chi connectivity index (χ2n) is 5.55. The third kappa shape index (κ3) is 2.12. The van der Waals surface area contributed by atoms with Gasteiger partial charge in [0.2, 0.25) is 0 Å². The first-order chi connectivity index (χ1) is 10.7. The highest BCUT2D eigenvalue weighted by molar-refractivity contribution is 5.87. The summed E-state index contributed by atoms with van der Waals surface area (Å²) in [5.74, 6) is 0.491. The van der Waals surface area contributed by atoms with Crippen molar-refractivity contribution in [2.45, 2.75) is 18.6 Å². The Kier molecular flexibility index (Phi) is 3.04. The van der Waals surface area contributed by atoms with E-state index >= 15 is 0 Å². The maximum absolute atomic E-state index is 13.5. The summed E-state index contributed by atoms with van der Waals surface area (Å²) in [4.78, 5) is 13.7. The van der Waals surface area contributed by atoms with E-state index in [1.807, 2.05) is 23.2 Å². The predicted octanol–water partition coefficient (Wildman–Crippen LogP) is 2.41. The van der Waals surface area contributed by atoms with E-state index in [0.717, 1.165) is 22.4 Å². The number of rotatable bonds is 2. The molecule has 4 rings (SSSR count). The summed E-state index contributed by atoms with van der Waals surface area (Å²) in [5.41, 5.74) is 1.60. The van der Waals surface area contributed by atoms with E-state index in [1.54, 1.807) is 6.07 Å². The first kappa shape index (κ1) is 13.2. The Hall–Kier alpha value is -2.47. The zero-order valence-electron chi connectivity index (χ0n) is 11.8. The normalized spacial score (nSPS) is 21.6. The van der Waals surface area contributed by atoms with Crippen LogP contribution in [0.4, 0.5) is 10.2 Å². The van der Waals surface area contributed by atoms with Gasteiger partial charge in [-0.15, -0.1) is 0 Å². The van der Waals surface area contributed by atoms with Crippen molar-refractivity contribution in [2.75, 3.05) is 11.4 Å². The van der Waals surface area contributed by atoms with E-state index in [2.05, 4.69) is 15.0 Å². The molecule has 6 heteroatoms. The van der Waals surface area contributed by atoms with Crippen LogP contribution in [0.25, 0.3) is 11.0 Å². The molecule has 0 aliphatic carbocycles. The second kappa shape index (κ2) is 5.06. The van der Waals surface area contributed by atoms with Crippen LogP contribution in [0.15, 0.2) is 42.9 Å². The first-order valence-corrected chi connectivity index (χ1v) is 7.20. The van der Waals surface area contributed by atoms with Gasteiger partial charge in [-0.25, -0.2) is 14.4 Å². The van der Waals surface area contributed by atoms with Gasteiger partial charge >= 0.3 is 0 Å². The lowest BCUT2D eigenvalue weighted by atomic mass is 10.0. The van der Waals surface area contributed by atoms with Crippen molar-refractivity contribution in [3.05, 3.63) is 54.2 Å². The quantitative estimate of drug-likeness (QED) is 0.762. The smallest absolute Gasteiger partial charge is 0.142 e. The van der Waals surface area contributed by atoms with Gasteiger partial charge in [-0.1, -0.05) is 12.1 Å². The molecule has 0 saturated carbocycles. The maximum Gasteiger partial charge on any atom is 0.142 e. The van der Waals surface area contributed by atoms with Gasteiger partial charge in [0, 0.05) is 12.7 Å². The molecule has 0 spiro atoms. The molecule has 1 aromatic carbocycles. The van der Waals surface area contributed by atoms with Crippen molar-refractivity contribution in [3.63, 3.8) is 0 Å². The van der Waals surface area contributed by atoms with Crippen LogP contribution < -0.4 is 4.90 Å². The number of aromatic nitrogens is 3. The van der Waals surface area contributed by atoms with Crippen molar-refractivity contribution >= 4 is 16.9 Å². The number of aromatic amines is 1. The van der Waals surface area contributed by atoms with Crippen molar-refractivity contribution in [1.82, 2.24) is 15.0 Å². The Morgan fingerprint density at radius 2 is 2.18 bits per heavy atom. The van der Waals surface area contributed by atoms with Crippen LogP contribution in [0.5, 0.6) is 0 Å². The fourth-order valence-electron chi connectivity index (χ4n) is 3.17. The summed E-state index contributed by atoms with van der Waals surface area (Å²) in [5, 5.41) is 11.0. The molecule has 0 radical (unpaired) electrons. The molecule has 22 heavy (non-hydrogen) atoms. The van der Waals surface area contributed by atoms with E-state index in [9.17, 15) is 9.50 Å². The largest absolute Gasteiger partial charge is 0.391 e. The minimum Gasteiger partial charge on any atom is -0.391 e. The predicted molar refractivity (Wildman–Crippen MR) is 81.0 cm³/mol. The number of fused-ring (bicyclic) bond motifs is 1. The molecule has 1 aliphatic heterocycles. The van der Waals surface area contributed by atoms with Crippen molar-refractivity contribution in [1.29, 1.82) is 0 Å². The molecule has 3 heterocycles. The number of nitrogens with one attached hydrogen (secondary N) is 1. The Morgan fingerprint density at radius 1 is 1.27 bits per heavy atom. The van der Waals surface area contributed by atoms with E-state index in [1.165, 1.54) is 18.5 Å². The standard InChI is InChI=1S/C16H15FN4O/c17-11-3-1-2-10(6-11)14-7-12(22)8-21(14)16-13-4-5-18-15(13)19-9-20-16/h1-6,9,12,14,22H,7-8H2,(H,18,19,20)/t12-,14-/m0/s1. The summed E-state index contributed by atoms with van der Waals surface area (Å²) in [7, 11) is 0. The molecule has 2 N–H and O–H groups in total. The highest BCUT2D eigenvalue weighted by atomic mass is 19.1. The number of β-amino-alcohol motifs (C(OH)–C–C–N with tert-alkyl or cyclic N) is 1. The van der Waals surface area contributed by atoms with Gasteiger partial charge in [0.1, 0.15) is 23.6 Å². The SMILES string of the molecule is O[C@H]1C[C@@H](c2cccc(F)c2)N(c2ncnc3[nH]ccc23)C1. The van der Waals surface area contributed by atoms with Crippen LogP contribution in [0.1, 0.15) is 18.0 Å². The number of H-pyrrole nitrogens is 1. The highest BCUT2D eigenvalue weighted by Crippen LogP contribution is 2.37. The number of nitrogens with zero attached hydrogens (tertiary/aromatic N) is 3. The molecule has 1 saturated heterocycles. The summed E-state index contributed by atoms with van der Waals surface area (Å²) >= 11 is 0. The van der Waals surface area contributed by atoms with Gasteiger partial charge in [-0.05, 0) is 30.2 Å². The van der Waals surface area contributed by atoms with Crippen LogP contribution in [0.3, 0.4) is 0 Å². The van der Waals surface area contributed by atoms with Gasteiger partial charge in [-0.2, -0.15) is 0 Å². The van der Waals surface area contributed by atoms with Crippen molar-refractivity contribution < 1.29 is 9.50 Å². The monoisotopic (exact) mass is 298 g/mol. The summed E-state index contributed by atoms with van der Waals surface area (Å²) in [6, 6.07) is 8.34. The Bertz CT molecular complexity index is 819. The lowest BCUT2D eigenvalue weighted by Gasteiger charge is -2.26. The topological polar surface area (TPSA) is 65.0 Å². The number of hydrogen-bond acceptors (Lipinski definition) is 4. The van der Waals surface area contributed by atoms with Crippen LogP contribution in [-0.4, -0.2) is 32.7 Å². The van der Waals surface area contributed by atoms with E-state index in [0.29, 0.717) is 13.0 Å². The molecule has 2 aromatic heterocycles. The summed E-state index contributed by atoms with van der Waals surface area (Å²) in [6.45, 7) is 0.471. The number of halogens is 1. The average molecular weight is 298 g/mol. The van der Waals surface area contributed by atoms with E-state index in [-0.39, 0.29) is 11.9 Å². The second-order valence-corrected chi connectivity index (χ2v) is 5.55. The molecule has 0 amide bonds. The summed E-state index contributed by atoms with van der Waals surface area (Å²) < 4.78 is 13.5. The van der Waals surface area contributed by atoms with Crippen LogP contribution in [0.2, 0.25) is 0 Å². The average Bonchev–Trinajstić information content (AvgIpc) is 3.13. The lowest BCUT2D eigenvalue weighted by molar-refractivity contribution is 0.194. The molecule has 1 fully saturated rings. The van der Waals surface area contributed by atoms with Crippen molar-refractivity contribution in [3.8, 4) is 0 Å². The number of aliphatic hydroxyl groups is 1. The van der Waals surface area contributed by atoms with Crippen LogP contribution in [0, 0.1) is 5.82 Å².